The molecule has 6 heteroatoms. The quantitative estimate of drug-likeness (QED) is 0.474. The van der Waals surface area contributed by atoms with Gasteiger partial charge in [0.15, 0.2) is 11.6 Å². The highest BCUT2D eigenvalue weighted by atomic mass is 15.0. The van der Waals surface area contributed by atoms with Gasteiger partial charge in [-0.1, -0.05) is 54.1 Å². The molecule has 0 radical (unpaired) electrons. The topological polar surface area (TPSA) is 89.6 Å². The molecule has 2 aromatic carbocycles. The van der Waals surface area contributed by atoms with Gasteiger partial charge in [-0.3, -0.25) is 0 Å². The normalized spacial score (nSPS) is 10.9. The van der Waals surface area contributed by atoms with E-state index in [4.69, 9.17) is 5.73 Å². The van der Waals surface area contributed by atoms with Crippen LogP contribution in [0.3, 0.4) is 0 Å². The third-order valence-electron chi connectivity index (χ3n) is 4.93. The van der Waals surface area contributed by atoms with Crippen molar-refractivity contribution in [2.75, 3.05) is 6.54 Å². The predicted octanol–water partition coefficient (Wildman–Crippen LogP) is 4.42. The molecule has 0 unspecified atom stereocenters. The summed E-state index contributed by atoms with van der Waals surface area (Å²) >= 11 is 0. The maximum Gasteiger partial charge on any atom is 0.159 e. The minimum absolute atomic E-state index is 0.0405. The average molecular weight is 427 g/mol. The lowest BCUT2D eigenvalue weighted by molar-refractivity contribution is 0.397. The summed E-state index contributed by atoms with van der Waals surface area (Å²) in [6, 6.07) is 20.1. The highest BCUT2D eigenvalue weighted by Gasteiger charge is 2.13. The number of nitrogens with zero attached hydrogens (tertiary/aromatic N) is 4. The molecule has 32 heavy (non-hydrogen) atoms. The minimum atomic E-state index is -0.0405. The van der Waals surface area contributed by atoms with Crippen LogP contribution in [0, 0.1) is 6.92 Å². The molecular formula is C26H30N6. The second-order valence-corrected chi connectivity index (χ2v) is 8.15. The molecule has 0 bridgehead atoms. The molecule has 0 saturated heterocycles. The molecule has 0 amide bonds. The Morgan fingerprint density at radius 1 is 0.719 bits per heavy atom. The van der Waals surface area contributed by atoms with E-state index in [2.05, 4.69) is 70.3 Å². The second-order valence-electron chi connectivity index (χ2n) is 8.15. The Balaban J connectivity index is 0.000000193. The minimum Gasteiger partial charge on any atom is -0.329 e. The second kappa shape index (κ2) is 11.2. The lowest BCUT2D eigenvalue weighted by atomic mass is 10.1. The molecule has 4 rings (SSSR count). The summed E-state index contributed by atoms with van der Waals surface area (Å²) in [5, 5.41) is 3.43. The van der Waals surface area contributed by atoms with Crippen molar-refractivity contribution in [1.82, 2.24) is 25.3 Å². The molecular weight excluding hydrogens is 396 g/mol. The molecule has 0 fully saturated rings. The molecule has 164 valence electrons. The van der Waals surface area contributed by atoms with E-state index >= 15 is 0 Å². The SMILES string of the molecule is CC(C)(CN)NCc1ccc(-c2ncccn2)cc1.Cc1ccc(-c2ncccn2)cc1. The van der Waals surface area contributed by atoms with Crippen LogP contribution in [0.25, 0.3) is 22.8 Å². The third-order valence-corrected chi connectivity index (χ3v) is 4.93. The van der Waals surface area contributed by atoms with Crippen molar-refractivity contribution in [3.63, 3.8) is 0 Å². The van der Waals surface area contributed by atoms with Gasteiger partial charge in [-0.15, -0.1) is 0 Å². The van der Waals surface area contributed by atoms with Crippen molar-refractivity contribution < 1.29 is 0 Å². The van der Waals surface area contributed by atoms with Gasteiger partial charge >= 0.3 is 0 Å². The van der Waals surface area contributed by atoms with Crippen molar-refractivity contribution in [2.45, 2.75) is 32.9 Å². The Morgan fingerprint density at radius 2 is 1.16 bits per heavy atom. The highest BCUT2D eigenvalue weighted by Crippen LogP contribution is 2.15. The first kappa shape index (κ1) is 23.2. The van der Waals surface area contributed by atoms with E-state index < -0.39 is 0 Å². The molecule has 0 aliphatic carbocycles. The zero-order valence-electron chi connectivity index (χ0n) is 18.9. The fourth-order valence-electron chi connectivity index (χ4n) is 2.78. The number of nitrogens with one attached hydrogen (secondary N) is 1. The van der Waals surface area contributed by atoms with Gasteiger partial charge < -0.3 is 11.1 Å². The van der Waals surface area contributed by atoms with Gasteiger partial charge in [0.05, 0.1) is 0 Å². The van der Waals surface area contributed by atoms with Crippen molar-refractivity contribution in [3.8, 4) is 22.8 Å². The smallest absolute Gasteiger partial charge is 0.159 e. The van der Waals surface area contributed by atoms with E-state index in [0.29, 0.717) is 6.54 Å². The summed E-state index contributed by atoms with van der Waals surface area (Å²) < 4.78 is 0. The summed E-state index contributed by atoms with van der Waals surface area (Å²) in [5.41, 5.74) is 10.2. The van der Waals surface area contributed by atoms with Crippen molar-refractivity contribution in [3.05, 3.63) is 96.6 Å². The highest BCUT2D eigenvalue weighted by molar-refractivity contribution is 5.55. The van der Waals surface area contributed by atoms with Gasteiger partial charge in [0.2, 0.25) is 0 Å². The molecule has 0 aliphatic heterocycles. The van der Waals surface area contributed by atoms with Gasteiger partial charge in [-0.05, 0) is 38.5 Å². The molecule has 0 aliphatic rings. The predicted molar refractivity (Wildman–Crippen MR) is 130 cm³/mol. The summed E-state index contributed by atoms with van der Waals surface area (Å²) in [6.45, 7) is 7.68. The van der Waals surface area contributed by atoms with E-state index in [-0.39, 0.29) is 5.54 Å². The van der Waals surface area contributed by atoms with Gasteiger partial charge in [-0.25, -0.2) is 19.9 Å². The largest absolute Gasteiger partial charge is 0.329 e. The molecule has 0 spiro atoms. The van der Waals surface area contributed by atoms with Crippen LogP contribution < -0.4 is 11.1 Å². The van der Waals surface area contributed by atoms with Crippen LogP contribution in [0.2, 0.25) is 0 Å². The van der Waals surface area contributed by atoms with Crippen LogP contribution in [0.5, 0.6) is 0 Å². The Bertz CT molecular complexity index is 1060. The monoisotopic (exact) mass is 426 g/mol. The summed E-state index contributed by atoms with van der Waals surface area (Å²) in [5.74, 6) is 1.53. The summed E-state index contributed by atoms with van der Waals surface area (Å²) in [6.07, 6.45) is 7.01. The fourth-order valence-corrected chi connectivity index (χ4v) is 2.78. The van der Waals surface area contributed by atoms with E-state index in [1.54, 1.807) is 24.8 Å². The lowest BCUT2D eigenvalue weighted by Crippen LogP contribution is -2.45. The maximum absolute atomic E-state index is 5.69. The van der Waals surface area contributed by atoms with Crippen LogP contribution in [-0.2, 0) is 6.54 Å². The zero-order chi connectivity index (χ0) is 22.8. The van der Waals surface area contributed by atoms with Crippen molar-refractivity contribution in [2.24, 2.45) is 5.73 Å². The van der Waals surface area contributed by atoms with Gasteiger partial charge in [0.25, 0.3) is 0 Å². The Kier molecular flexibility index (Phi) is 8.14. The summed E-state index contributed by atoms with van der Waals surface area (Å²) in [7, 11) is 0. The summed E-state index contributed by atoms with van der Waals surface area (Å²) in [4.78, 5) is 16.8. The number of benzene rings is 2. The molecule has 0 atom stereocenters. The van der Waals surface area contributed by atoms with Crippen LogP contribution in [0.1, 0.15) is 25.0 Å². The van der Waals surface area contributed by atoms with Crippen LogP contribution in [0.4, 0.5) is 0 Å². The first-order chi connectivity index (χ1) is 15.5. The van der Waals surface area contributed by atoms with E-state index in [1.165, 1.54) is 11.1 Å². The lowest BCUT2D eigenvalue weighted by Gasteiger charge is -2.24. The van der Waals surface area contributed by atoms with E-state index in [0.717, 1.165) is 29.3 Å². The maximum atomic E-state index is 5.69. The number of hydrogen-bond acceptors (Lipinski definition) is 6. The molecule has 2 heterocycles. The van der Waals surface area contributed by atoms with E-state index in [1.807, 2.05) is 36.4 Å². The van der Waals surface area contributed by atoms with Crippen LogP contribution in [0.15, 0.2) is 85.5 Å². The molecule has 0 saturated carbocycles. The number of nitrogens with two attached hydrogens (primary N) is 1. The first-order valence-electron chi connectivity index (χ1n) is 10.6. The van der Waals surface area contributed by atoms with Gasteiger partial charge in [0, 0.05) is 54.5 Å². The first-order valence-corrected chi connectivity index (χ1v) is 10.6. The molecule has 2 aromatic heterocycles. The van der Waals surface area contributed by atoms with Crippen molar-refractivity contribution in [1.29, 1.82) is 0 Å². The van der Waals surface area contributed by atoms with Crippen LogP contribution in [-0.4, -0.2) is 32.0 Å². The molecule has 3 N–H and O–H groups in total. The Morgan fingerprint density at radius 3 is 1.59 bits per heavy atom. The number of aryl methyl sites for hydroxylation is 1. The van der Waals surface area contributed by atoms with Gasteiger partial charge in [0.1, 0.15) is 0 Å². The molecule has 4 aromatic rings. The van der Waals surface area contributed by atoms with E-state index in [9.17, 15) is 0 Å². The van der Waals surface area contributed by atoms with Gasteiger partial charge in [-0.2, -0.15) is 0 Å². The molecule has 6 nitrogen and oxygen atoms in total. The average Bonchev–Trinajstić information content (AvgIpc) is 2.85. The standard InChI is InChI=1S/C15H20N4.C11H10N2/c1-15(2,11-16)19-10-12-4-6-13(7-5-12)14-17-8-3-9-18-14;1-9-3-5-10(6-4-9)11-12-7-2-8-13-11/h3-9,19H,10-11,16H2,1-2H3;2-8H,1H3. The Labute approximate surface area is 190 Å². The fraction of sp³-hybridized carbons (Fsp3) is 0.231. The van der Waals surface area contributed by atoms with Crippen LogP contribution >= 0.6 is 0 Å². The zero-order valence-corrected chi connectivity index (χ0v) is 18.9. The third kappa shape index (κ3) is 7.04. The number of hydrogen-bond donors (Lipinski definition) is 2. The Hall–Kier alpha value is -3.48. The number of aromatic nitrogens is 4. The number of rotatable bonds is 6. The van der Waals surface area contributed by atoms with Crippen molar-refractivity contribution >= 4 is 0 Å².